The molecule has 4 N–H and O–H groups in total. The van der Waals surface area contributed by atoms with Gasteiger partial charge in [-0.2, -0.15) is 5.10 Å². The molecule has 0 unspecified atom stereocenters. The Morgan fingerprint density at radius 2 is 1.97 bits per heavy atom. The van der Waals surface area contributed by atoms with E-state index in [4.69, 9.17) is 14.2 Å². The molecular weight excluding hydrogens is 452 g/mol. The highest BCUT2D eigenvalue weighted by molar-refractivity contribution is 5.95. The summed E-state index contributed by atoms with van der Waals surface area (Å²) in [5.41, 5.74) is 5.92. The minimum absolute atomic E-state index is 0.0962. The molecular formula is C25H30N4O6. The number of methoxy groups -OCH3 is 1. The highest BCUT2D eigenvalue weighted by Crippen LogP contribution is 2.34. The number of aliphatic hydroxyl groups is 1. The fourth-order valence-corrected chi connectivity index (χ4v) is 3.55. The van der Waals surface area contributed by atoms with Gasteiger partial charge < -0.3 is 30.0 Å². The average molecular weight is 483 g/mol. The third kappa shape index (κ3) is 6.51. The Hall–Kier alpha value is -4.05. The summed E-state index contributed by atoms with van der Waals surface area (Å²) in [6.45, 7) is 5.69. The number of nitrogens with zero attached hydrogens (tertiary/aromatic N) is 1. The van der Waals surface area contributed by atoms with Crippen LogP contribution in [0.5, 0.6) is 11.5 Å². The second-order valence-electron chi connectivity index (χ2n) is 7.77. The fraction of sp³-hybridized carbons (Fsp3) is 0.320. The number of hydrogen-bond donors (Lipinski definition) is 4. The predicted molar refractivity (Wildman–Crippen MR) is 130 cm³/mol. The molecule has 10 nitrogen and oxygen atoms in total. The number of ether oxygens (including phenoxy) is 3. The summed E-state index contributed by atoms with van der Waals surface area (Å²) in [5, 5.41) is 19.6. The topological polar surface area (TPSA) is 131 Å². The second kappa shape index (κ2) is 11.9. The molecule has 10 heteroatoms. The van der Waals surface area contributed by atoms with E-state index in [0.29, 0.717) is 29.4 Å². The van der Waals surface area contributed by atoms with Gasteiger partial charge in [0.05, 0.1) is 31.5 Å². The van der Waals surface area contributed by atoms with Gasteiger partial charge in [-0.1, -0.05) is 30.3 Å². The van der Waals surface area contributed by atoms with E-state index in [1.807, 2.05) is 38.1 Å². The van der Waals surface area contributed by atoms with E-state index in [-0.39, 0.29) is 12.2 Å². The van der Waals surface area contributed by atoms with Gasteiger partial charge in [0.25, 0.3) is 0 Å². The van der Waals surface area contributed by atoms with Crippen molar-refractivity contribution in [2.24, 2.45) is 5.10 Å². The number of urea groups is 1. The summed E-state index contributed by atoms with van der Waals surface area (Å²) in [7, 11) is 1.28. The lowest BCUT2D eigenvalue weighted by atomic mass is 9.95. The van der Waals surface area contributed by atoms with Crippen LogP contribution in [-0.2, 0) is 9.53 Å². The van der Waals surface area contributed by atoms with Crippen LogP contribution < -0.4 is 25.5 Å². The number of benzene rings is 2. The van der Waals surface area contributed by atoms with Crippen LogP contribution in [0.3, 0.4) is 0 Å². The van der Waals surface area contributed by atoms with E-state index in [1.54, 1.807) is 31.3 Å². The Labute approximate surface area is 204 Å². The fourth-order valence-electron chi connectivity index (χ4n) is 3.55. The quantitative estimate of drug-likeness (QED) is 0.177. The van der Waals surface area contributed by atoms with Crippen molar-refractivity contribution in [2.75, 3.05) is 20.3 Å². The smallest absolute Gasteiger partial charge is 0.337 e. The molecule has 35 heavy (non-hydrogen) atoms. The van der Waals surface area contributed by atoms with Crippen molar-refractivity contribution < 1.29 is 28.9 Å². The number of carbonyl (C=O) groups excluding carboxylic acids is 2. The van der Waals surface area contributed by atoms with Gasteiger partial charge in [0.1, 0.15) is 6.61 Å². The number of aryl methyl sites for hydroxylation is 1. The van der Waals surface area contributed by atoms with Crippen molar-refractivity contribution in [2.45, 2.75) is 33.0 Å². The van der Waals surface area contributed by atoms with Crippen molar-refractivity contribution >= 4 is 18.2 Å². The van der Waals surface area contributed by atoms with Gasteiger partial charge in [-0.25, -0.2) is 9.59 Å². The van der Waals surface area contributed by atoms with Crippen molar-refractivity contribution in [1.82, 2.24) is 16.1 Å². The number of hydrazone groups is 1. The first-order chi connectivity index (χ1) is 16.8. The summed E-state index contributed by atoms with van der Waals surface area (Å²) in [6, 6.07) is 11.6. The summed E-state index contributed by atoms with van der Waals surface area (Å²) in [4.78, 5) is 24.4. The SMILES string of the molecule is CCOc1cc([C@@H]2NC(=O)NC(C)=C2C(=O)OC)ccc1OC[C@@H](O)N/N=C\c1ccccc1C. The summed E-state index contributed by atoms with van der Waals surface area (Å²) < 4.78 is 16.3. The molecule has 3 rings (SSSR count). The van der Waals surface area contributed by atoms with Crippen molar-refractivity contribution in [3.63, 3.8) is 0 Å². The van der Waals surface area contributed by atoms with Crippen molar-refractivity contribution in [3.05, 3.63) is 70.4 Å². The highest BCUT2D eigenvalue weighted by Gasteiger charge is 2.32. The molecule has 1 aliphatic heterocycles. The molecule has 0 bridgehead atoms. The third-order valence-corrected chi connectivity index (χ3v) is 5.29. The van der Waals surface area contributed by atoms with Crippen LogP contribution in [0.1, 0.15) is 36.6 Å². The van der Waals surface area contributed by atoms with Crippen molar-refractivity contribution in [3.8, 4) is 11.5 Å². The Morgan fingerprint density at radius 1 is 1.20 bits per heavy atom. The number of allylic oxidation sites excluding steroid dienone is 1. The van der Waals surface area contributed by atoms with Gasteiger partial charge >= 0.3 is 12.0 Å². The molecule has 2 atom stereocenters. The van der Waals surface area contributed by atoms with Gasteiger partial charge in [0, 0.05) is 5.70 Å². The number of amides is 2. The number of nitrogens with one attached hydrogen (secondary N) is 3. The van der Waals surface area contributed by atoms with Crippen LogP contribution in [0.2, 0.25) is 0 Å². The van der Waals surface area contributed by atoms with E-state index in [0.717, 1.165) is 11.1 Å². The van der Waals surface area contributed by atoms with Crippen LogP contribution in [0.15, 0.2) is 58.8 Å². The lowest BCUT2D eigenvalue weighted by molar-refractivity contribution is -0.136. The molecule has 1 aliphatic rings. The standard InChI is InChI=1S/C25H30N4O6/c1-5-34-20-12-17(23-22(24(31)33-4)16(3)27-25(32)28-23)10-11-19(20)35-14-21(30)29-26-13-18-9-7-6-8-15(18)2/h6-13,21,23,29-30H,5,14H2,1-4H3,(H2,27,28,32)/b26-13-/t21-,23+/m1/s1. The largest absolute Gasteiger partial charge is 0.490 e. The molecule has 2 aromatic carbocycles. The molecule has 2 amide bonds. The van der Waals surface area contributed by atoms with E-state index >= 15 is 0 Å². The molecule has 2 aromatic rings. The van der Waals surface area contributed by atoms with Gasteiger partial charge in [0.2, 0.25) is 0 Å². The van der Waals surface area contributed by atoms with Gasteiger partial charge in [0.15, 0.2) is 17.7 Å². The maximum Gasteiger partial charge on any atom is 0.337 e. The Kier molecular flexibility index (Phi) is 8.69. The zero-order valence-electron chi connectivity index (χ0n) is 20.1. The molecule has 0 radical (unpaired) electrons. The molecule has 1 heterocycles. The minimum atomic E-state index is -1.07. The predicted octanol–water partition coefficient (Wildman–Crippen LogP) is 2.52. The molecule has 0 fully saturated rings. The summed E-state index contributed by atoms with van der Waals surface area (Å²) >= 11 is 0. The summed E-state index contributed by atoms with van der Waals surface area (Å²) in [6.07, 6.45) is 0.561. The summed E-state index contributed by atoms with van der Waals surface area (Å²) in [5.74, 6) is 0.230. The maximum absolute atomic E-state index is 12.3. The lowest BCUT2D eigenvalue weighted by Crippen LogP contribution is -2.45. The number of aliphatic hydroxyl groups excluding tert-OH is 1. The number of carbonyl (C=O) groups is 2. The van der Waals surface area contributed by atoms with E-state index in [1.165, 1.54) is 7.11 Å². The number of rotatable bonds is 10. The highest BCUT2D eigenvalue weighted by atomic mass is 16.5. The lowest BCUT2D eigenvalue weighted by Gasteiger charge is -2.28. The molecule has 0 spiro atoms. The molecule has 0 saturated carbocycles. The Morgan fingerprint density at radius 3 is 2.69 bits per heavy atom. The second-order valence-corrected chi connectivity index (χ2v) is 7.77. The molecule has 186 valence electrons. The Bertz CT molecular complexity index is 1130. The molecule has 0 aliphatic carbocycles. The first-order valence-electron chi connectivity index (χ1n) is 11.1. The van der Waals surface area contributed by atoms with Crippen LogP contribution >= 0.6 is 0 Å². The van der Waals surface area contributed by atoms with Gasteiger partial charge in [-0.3, -0.25) is 5.43 Å². The monoisotopic (exact) mass is 482 g/mol. The van der Waals surface area contributed by atoms with Crippen molar-refractivity contribution in [1.29, 1.82) is 0 Å². The third-order valence-electron chi connectivity index (χ3n) is 5.29. The molecule has 0 saturated heterocycles. The van der Waals surface area contributed by atoms with E-state index < -0.39 is 24.3 Å². The molecule has 0 aromatic heterocycles. The Balaban J connectivity index is 1.72. The first kappa shape index (κ1) is 25.6. The van der Waals surface area contributed by atoms with Gasteiger partial charge in [-0.05, 0) is 49.6 Å². The number of hydrogen-bond acceptors (Lipinski definition) is 8. The number of esters is 1. The van der Waals surface area contributed by atoms with Crippen LogP contribution in [-0.4, -0.2) is 49.9 Å². The van der Waals surface area contributed by atoms with Crippen LogP contribution in [0.25, 0.3) is 0 Å². The van der Waals surface area contributed by atoms with E-state index in [9.17, 15) is 14.7 Å². The average Bonchev–Trinajstić information content (AvgIpc) is 2.83. The zero-order valence-corrected chi connectivity index (χ0v) is 20.1. The van der Waals surface area contributed by atoms with Gasteiger partial charge in [-0.15, -0.1) is 0 Å². The van der Waals surface area contributed by atoms with Crippen LogP contribution in [0, 0.1) is 6.92 Å². The minimum Gasteiger partial charge on any atom is -0.490 e. The normalized spacial score (nSPS) is 16.4. The van der Waals surface area contributed by atoms with E-state index in [2.05, 4.69) is 21.2 Å². The maximum atomic E-state index is 12.3. The van der Waals surface area contributed by atoms with Crippen LogP contribution in [0.4, 0.5) is 4.79 Å². The zero-order chi connectivity index (χ0) is 25.4. The first-order valence-corrected chi connectivity index (χ1v) is 11.1.